The van der Waals surface area contributed by atoms with Gasteiger partial charge in [0.05, 0.1) is 6.61 Å². The fourth-order valence-electron chi connectivity index (χ4n) is 0.0745. The molecule has 1 N–H and O–H groups in total. The molecule has 6 heavy (non-hydrogen) atoms. The molecule has 0 bridgehead atoms. The molecule has 0 fully saturated rings. The minimum absolute atomic E-state index is 0.455. The number of aliphatic hydroxyl groups excluding tert-OH is 1. The average Bonchev–Trinajstić information content (AvgIpc) is 1.65. The molecule has 0 aliphatic rings. The van der Waals surface area contributed by atoms with Gasteiger partial charge in [0.15, 0.2) is 0 Å². The Balaban J connectivity index is 2.96. The van der Waals surface area contributed by atoms with E-state index in [1.54, 1.807) is 0 Å². The monoisotopic (exact) mass is 90.0 g/mol. The van der Waals surface area contributed by atoms with Crippen LogP contribution in [0.1, 0.15) is 0 Å². The second kappa shape index (κ2) is 2.85. The van der Waals surface area contributed by atoms with E-state index in [0.29, 0.717) is 0 Å². The van der Waals surface area contributed by atoms with Crippen molar-refractivity contribution in [2.45, 2.75) is 6.17 Å². The van der Waals surface area contributed by atoms with Crippen molar-refractivity contribution in [2.75, 3.05) is 6.61 Å². The smallest absolute Gasteiger partial charge is 0.141 e. The summed E-state index contributed by atoms with van der Waals surface area (Å²) in [6.45, 7) is 2.64. The van der Waals surface area contributed by atoms with E-state index in [0.717, 1.165) is 6.08 Å². The summed E-state index contributed by atoms with van der Waals surface area (Å²) < 4.78 is 11.5. The van der Waals surface area contributed by atoms with Crippen molar-refractivity contribution in [3.8, 4) is 0 Å². The molecule has 0 unspecified atom stereocenters. The molecule has 0 aliphatic heterocycles. The molecule has 0 amide bonds. The first-order chi connectivity index (χ1) is 2.81. The normalized spacial score (nSPS) is 13.7. The first-order valence-electron chi connectivity index (χ1n) is 1.68. The van der Waals surface area contributed by atoms with Gasteiger partial charge in [-0.3, -0.25) is 0 Å². The zero-order valence-electron chi connectivity index (χ0n) is 3.39. The van der Waals surface area contributed by atoms with Crippen LogP contribution in [0.25, 0.3) is 0 Å². The second-order valence-corrected chi connectivity index (χ2v) is 0.934. The molecule has 36 valence electrons. The third kappa shape index (κ3) is 1.91. The molecule has 0 aromatic heterocycles. The van der Waals surface area contributed by atoms with Crippen LogP contribution < -0.4 is 0 Å². The van der Waals surface area contributed by atoms with Crippen molar-refractivity contribution < 1.29 is 9.50 Å². The van der Waals surface area contributed by atoms with E-state index in [1.807, 2.05) is 0 Å². The van der Waals surface area contributed by atoms with Crippen LogP contribution in [-0.4, -0.2) is 17.9 Å². The van der Waals surface area contributed by atoms with Gasteiger partial charge in [0, 0.05) is 0 Å². The number of rotatable bonds is 2. The molecule has 0 aliphatic carbocycles. The lowest BCUT2D eigenvalue weighted by Gasteiger charge is -1.88. The molecule has 0 saturated heterocycles. The van der Waals surface area contributed by atoms with Crippen molar-refractivity contribution >= 4 is 0 Å². The summed E-state index contributed by atoms with van der Waals surface area (Å²) in [5.74, 6) is 0. The van der Waals surface area contributed by atoms with Crippen molar-refractivity contribution in [2.24, 2.45) is 0 Å². The van der Waals surface area contributed by atoms with Crippen LogP contribution in [0.4, 0.5) is 4.39 Å². The highest BCUT2D eigenvalue weighted by molar-refractivity contribution is 4.76. The summed E-state index contributed by atoms with van der Waals surface area (Å²) in [5.41, 5.74) is 0. The standard InChI is InChI=1S/C4H7FO/c1-2-4(5)3-6/h2,4,6H,1,3H2/t4-/m0/s1. The Bertz CT molecular complexity index is 44.8. The van der Waals surface area contributed by atoms with Crippen LogP contribution >= 0.6 is 0 Å². The van der Waals surface area contributed by atoms with E-state index in [9.17, 15) is 4.39 Å². The van der Waals surface area contributed by atoms with Crippen LogP contribution in [0, 0.1) is 0 Å². The minimum Gasteiger partial charge on any atom is -0.393 e. The van der Waals surface area contributed by atoms with Crippen LogP contribution in [0.15, 0.2) is 12.7 Å². The number of hydrogen-bond donors (Lipinski definition) is 1. The van der Waals surface area contributed by atoms with Gasteiger partial charge in [-0.05, 0) is 0 Å². The SMILES string of the molecule is C=C[C@H](F)CO. The van der Waals surface area contributed by atoms with Gasteiger partial charge in [0.2, 0.25) is 0 Å². The highest BCUT2D eigenvalue weighted by Crippen LogP contribution is 1.85. The van der Waals surface area contributed by atoms with E-state index in [2.05, 4.69) is 6.58 Å². The van der Waals surface area contributed by atoms with Gasteiger partial charge in [-0.1, -0.05) is 6.08 Å². The maximum absolute atomic E-state index is 11.5. The fourth-order valence-corrected chi connectivity index (χ4v) is 0.0745. The summed E-state index contributed by atoms with van der Waals surface area (Å²) in [6.07, 6.45) is -0.190. The lowest BCUT2D eigenvalue weighted by molar-refractivity contribution is 0.210. The Morgan fingerprint density at radius 1 is 2.00 bits per heavy atom. The van der Waals surface area contributed by atoms with Crippen LogP contribution in [-0.2, 0) is 0 Å². The van der Waals surface area contributed by atoms with Crippen molar-refractivity contribution in [3.63, 3.8) is 0 Å². The molecule has 1 atom stereocenters. The third-order valence-electron chi connectivity index (χ3n) is 0.430. The van der Waals surface area contributed by atoms with Crippen molar-refractivity contribution in [3.05, 3.63) is 12.7 Å². The van der Waals surface area contributed by atoms with Crippen LogP contribution in [0.5, 0.6) is 0 Å². The van der Waals surface area contributed by atoms with E-state index in [4.69, 9.17) is 5.11 Å². The topological polar surface area (TPSA) is 20.2 Å². The zero-order chi connectivity index (χ0) is 4.99. The summed E-state index contributed by atoms with van der Waals surface area (Å²) in [6, 6.07) is 0. The molecule has 2 heteroatoms. The summed E-state index contributed by atoms with van der Waals surface area (Å²) in [7, 11) is 0. The molecule has 0 saturated carbocycles. The molecule has 1 nitrogen and oxygen atoms in total. The van der Waals surface area contributed by atoms with Crippen molar-refractivity contribution in [1.29, 1.82) is 0 Å². The van der Waals surface area contributed by atoms with Gasteiger partial charge < -0.3 is 5.11 Å². The first-order valence-corrected chi connectivity index (χ1v) is 1.68. The molecule has 0 aromatic carbocycles. The molecule has 0 aromatic rings. The second-order valence-electron chi connectivity index (χ2n) is 0.934. The average molecular weight is 90.1 g/mol. The Morgan fingerprint density at radius 2 is 2.50 bits per heavy atom. The summed E-state index contributed by atoms with van der Waals surface area (Å²) >= 11 is 0. The van der Waals surface area contributed by atoms with E-state index < -0.39 is 12.8 Å². The lowest BCUT2D eigenvalue weighted by atomic mass is 10.4. The van der Waals surface area contributed by atoms with Gasteiger partial charge in [-0.15, -0.1) is 6.58 Å². The largest absolute Gasteiger partial charge is 0.393 e. The third-order valence-corrected chi connectivity index (χ3v) is 0.430. The number of alkyl halides is 1. The predicted molar refractivity (Wildman–Crippen MR) is 22.2 cm³/mol. The molecule has 0 rings (SSSR count). The molecular formula is C4H7FO. The van der Waals surface area contributed by atoms with Gasteiger partial charge in [0.1, 0.15) is 6.17 Å². The Labute approximate surface area is 36.1 Å². The van der Waals surface area contributed by atoms with Gasteiger partial charge >= 0.3 is 0 Å². The highest BCUT2D eigenvalue weighted by atomic mass is 19.1. The minimum atomic E-state index is -1.25. The van der Waals surface area contributed by atoms with Crippen LogP contribution in [0.2, 0.25) is 0 Å². The predicted octanol–water partition coefficient (Wildman–Crippen LogP) is 0.503. The number of aliphatic hydroxyl groups is 1. The van der Waals surface area contributed by atoms with Gasteiger partial charge in [0.25, 0.3) is 0 Å². The molecule has 0 radical (unpaired) electrons. The maximum Gasteiger partial charge on any atom is 0.141 e. The Kier molecular flexibility index (Phi) is 2.67. The maximum atomic E-state index is 11.5. The quantitative estimate of drug-likeness (QED) is 0.489. The highest BCUT2D eigenvalue weighted by Gasteiger charge is 1.91. The summed E-state index contributed by atoms with van der Waals surface area (Å²) in [5, 5.41) is 7.89. The van der Waals surface area contributed by atoms with Gasteiger partial charge in [-0.25, -0.2) is 4.39 Å². The molecular weight excluding hydrogens is 83.0 g/mol. The lowest BCUT2D eigenvalue weighted by Crippen LogP contribution is -1.98. The Morgan fingerprint density at radius 3 is 2.50 bits per heavy atom. The van der Waals surface area contributed by atoms with E-state index in [1.165, 1.54) is 0 Å². The Hall–Kier alpha value is -0.370. The van der Waals surface area contributed by atoms with E-state index in [-0.39, 0.29) is 0 Å². The number of halogens is 1. The zero-order valence-corrected chi connectivity index (χ0v) is 3.39. The van der Waals surface area contributed by atoms with Gasteiger partial charge in [-0.2, -0.15) is 0 Å². The summed E-state index contributed by atoms with van der Waals surface area (Å²) in [4.78, 5) is 0. The number of hydrogen-bond acceptors (Lipinski definition) is 1. The van der Waals surface area contributed by atoms with Crippen LogP contribution in [0.3, 0.4) is 0 Å². The molecule has 0 heterocycles. The van der Waals surface area contributed by atoms with Crippen molar-refractivity contribution in [1.82, 2.24) is 0 Å². The van der Waals surface area contributed by atoms with E-state index >= 15 is 0 Å². The first kappa shape index (κ1) is 5.63. The molecule has 0 spiro atoms. The fraction of sp³-hybridized carbons (Fsp3) is 0.500.